The van der Waals surface area contributed by atoms with Crippen LogP contribution in [0.15, 0.2) is 41.0 Å². The Morgan fingerprint density at radius 3 is 2.73 bits per heavy atom. The van der Waals surface area contributed by atoms with Gasteiger partial charge in [0.05, 0.1) is 19.3 Å². The molecular weight excluding hydrogens is 332 g/mol. The summed E-state index contributed by atoms with van der Waals surface area (Å²) in [5.41, 5.74) is 2.20. The fourth-order valence-electron chi connectivity index (χ4n) is 3.56. The first-order valence-corrected chi connectivity index (χ1v) is 9.06. The van der Waals surface area contributed by atoms with Gasteiger partial charge < -0.3 is 19.0 Å². The SMILES string of the molecule is O=C(Cc1ccc2c(c1)CCO2)N1CCCN(C(=O)c2ccco2)CC1. The standard InChI is InChI=1S/C20H22N2O4/c23-19(14-15-4-5-17-16(13-15)6-12-26-17)21-7-2-8-22(10-9-21)20(24)18-3-1-11-25-18/h1,3-5,11,13H,2,6-10,12,14H2. The summed E-state index contributed by atoms with van der Waals surface area (Å²) in [6, 6.07) is 9.38. The van der Waals surface area contributed by atoms with Crippen molar-refractivity contribution in [3.05, 3.63) is 53.5 Å². The molecule has 0 aliphatic carbocycles. The third kappa shape index (κ3) is 3.45. The number of hydrogen-bond donors (Lipinski definition) is 0. The van der Waals surface area contributed by atoms with Crippen LogP contribution in [0, 0.1) is 0 Å². The van der Waals surface area contributed by atoms with Crippen molar-refractivity contribution in [2.75, 3.05) is 32.8 Å². The van der Waals surface area contributed by atoms with Gasteiger partial charge in [0.25, 0.3) is 5.91 Å². The summed E-state index contributed by atoms with van der Waals surface area (Å²) in [7, 11) is 0. The van der Waals surface area contributed by atoms with E-state index in [-0.39, 0.29) is 11.8 Å². The predicted molar refractivity (Wildman–Crippen MR) is 95.2 cm³/mol. The van der Waals surface area contributed by atoms with Gasteiger partial charge in [-0.05, 0) is 35.7 Å². The zero-order valence-electron chi connectivity index (χ0n) is 14.6. The highest BCUT2D eigenvalue weighted by atomic mass is 16.5. The van der Waals surface area contributed by atoms with Crippen LogP contribution in [0.5, 0.6) is 5.75 Å². The molecule has 1 aromatic carbocycles. The van der Waals surface area contributed by atoms with Gasteiger partial charge >= 0.3 is 0 Å². The Balaban J connectivity index is 1.36. The average Bonchev–Trinajstić information content (AvgIpc) is 3.28. The molecule has 2 aromatic rings. The number of benzene rings is 1. The number of nitrogens with zero attached hydrogens (tertiary/aromatic N) is 2. The van der Waals surface area contributed by atoms with E-state index in [2.05, 4.69) is 6.07 Å². The molecule has 0 atom stereocenters. The number of ether oxygens (including phenoxy) is 1. The minimum atomic E-state index is -0.108. The Labute approximate surface area is 152 Å². The number of furan rings is 1. The van der Waals surface area contributed by atoms with E-state index in [9.17, 15) is 9.59 Å². The monoisotopic (exact) mass is 354 g/mol. The molecule has 2 aliphatic rings. The molecule has 136 valence electrons. The molecule has 1 aromatic heterocycles. The second-order valence-electron chi connectivity index (χ2n) is 6.72. The molecule has 6 nitrogen and oxygen atoms in total. The summed E-state index contributed by atoms with van der Waals surface area (Å²) >= 11 is 0. The largest absolute Gasteiger partial charge is 0.493 e. The highest BCUT2D eigenvalue weighted by Crippen LogP contribution is 2.26. The first kappa shape index (κ1) is 16.7. The van der Waals surface area contributed by atoms with E-state index < -0.39 is 0 Å². The smallest absolute Gasteiger partial charge is 0.289 e. The summed E-state index contributed by atoms with van der Waals surface area (Å²) < 4.78 is 10.7. The fraction of sp³-hybridized carbons (Fsp3) is 0.400. The zero-order valence-corrected chi connectivity index (χ0v) is 14.6. The van der Waals surface area contributed by atoms with Gasteiger partial charge in [-0.2, -0.15) is 0 Å². The molecule has 0 bridgehead atoms. The molecule has 2 aliphatic heterocycles. The van der Waals surface area contributed by atoms with Gasteiger partial charge in [0.15, 0.2) is 5.76 Å². The van der Waals surface area contributed by atoms with E-state index in [0.29, 0.717) is 38.4 Å². The fourth-order valence-corrected chi connectivity index (χ4v) is 3.56. The minimum absolute atomic E-state index is 0.108. The van der Waals surface area contributed by atoms with Crippen LogP contribution >= 0.6 is 0 Å². The topological polar surface area (TPSA) is 63.0 Å². The average molecular weight is 354 g/mol. The number of carbonyl (C=O) groups is 2. The lowest BCUT2D eigenvalue weighted by molar-refractivity contribution is -0.130. The van der Waals surface area contributed by atoms with E-state index >= 15 is 0 Å². The van der Waals surface area contributed by atoms with E-state index in [1.165, 1.54) is 11.8 Å². The molecule has 2 amide bonds. The van der Waals surface area contributed by atoms with Crippen molar-refractivity contribution in [2.45, 2.75) is 19.3 Å². The first-order chi connectivity index (χ1) is 12.7. The number of amides is 2. The normalized spacial score (nSPS) is 16.8. The lowest BCUT2D eigenvalue weighted by Gasteiger charge is -2.22. The summed E-state index contributed by atoms with van der Waals surface area (Å²) in [5, 5.41) is 0. The van der Waals surface area contributed by atoms with Crippen LogP contribution < -0.4 is 4.74 Å². The number of fused-ring (bicyclic) bond motifs is 1. The molecule has 0 radical (unpaired) electrons. The molecule has 26 heavy (non-hydrogen) atoms. The summed E-state index contributed by atoms with van der Waals surface area (Å²) in [4.78, 5) is 28.7. The molecular formula is C20H22N2O4. The van der Waals surface area contributed by atoms with Crippen molar-refractivity contribution >= 4 is 11.8 Å². The van der Waals surface area contributed by atoms with Crippen LogP contribution in [-0.4, -0.2) is 54.4 Å². The molecule has 0 saturated carbocycles. The third-order valence-corrected chi connectivity index (χ3v) is 4.98. The second-order valence-corrected chi connectivity index (χ2v) is 6.72. The Kier molecular flexibility index (Phi) is 4.65. The van der Waals surface area contributed by atoms with Crippen LogP contribution in [0.4, 0.5) is 0 Å². The maximum Gasteiger partial charge on any atom is 0.289 e. The van der Waals surface area contributed by atoms with Crippen molar-refractivity contribution < 1.29 is 18.7 Å². The molecule has 6 heteroatoms. The lowest BCUT2D eigenvalue weighted by Crippen LogP contribution is -2.37. The highest BCUT2D eigenvalue weighted by Gasteiger charge is 2.24. The molecule has 1 saturated heterocycles. The van der Waals surface area contributed by atoms with Crippen molar-refractivity contribution in [1.29, 1.82) is 0 Å². The maximum atomic E-state index is 12.7. The van der Waals surface area contributed by atoms with Crippen LogP contribution in [0.3, 0.4) is 0 Å². The van der Waals surface area contributed by atoms with E-state index in [0.717, 1.165) is 30.8 Å². The van der Waals surface area contributed by atoms with E-state index in [1.807, 2.05) is 17.0 Å². The van der Waals surface area contributed by atoms with Crippen LogP contribution in [-0.2, 0) is 17.6 Å². The van der Waals surface area contributed by atoms with Gasteiger partial charge in [-0.25, -0.2) is 0 Å². The zero-order chi connectivity index (χ0) is 17.9. The lowest BCUT2D eigenvalue weighted by atomic mass is 10.1. The first-order valence-electron chi connectivity index (χ1n) is 9.06. The Morgan fingerprint density at radius 2 is 1.88 bits per heavy atom. The summed E-state index contributed by atoms with van der Waals surface area (Å²) in [6.07, 6.45) is 3.57. The molecule has 1 fully saturated rings. The van der Waals surface area contributed by atoms with Gasteiger partial charge in [-0.3, -0.25) is 9.59 Å². The Morgan fingerprint density at radius 1 is 1.04 bits per heavy atom. The van der Waals surface area contributed by atoms with Crippen molar-refractivity contribution in [1.82, 2.24) is 9.80 Å². The third-order valence-electron chi connectivity index (χ3n) is 4.98. The quantitative estimate of drug-likeness (QED) is 0.847. The maximum absolute atomic E-state index is 12.7. The van der Waals surface area contributed by atoms with Gasteiger partial charge in [-0.1, -0.05) is 12.1 Å². The molecule has 4 rings (SSSR count). The summed E-state index contributed by atoms with van der Waals surface area (Å²) in [6.45, 7) is 3.12. The van der Waals surface area contributed by atoms with Gasteiger partial charge in [0, 0.05) is 32.6 Å². The molecule has 0 N–H and O–H groups in total. The molecule has 3 heterocycles. The van der Waals surface area contributed by atoms with Crippen molar-refractivity contribution in [3.8, 4) is 5.75 Å². The minimum Gasteiger partial charge on any atom is -0.493 e. The summed E-state index contributed by atoms with van der Waals surface area (Å²) in [5.74, 6) is 1.28. The number of hydrogen-bond acceptors (Lipinski definition) is 4. The number of rotatable bonds is 3. The molecule has 0 unspecified atom stereocenters. The number of carbonyl (C=O) groups excluding carboxylic acids is 2. The predicted octanol–water partition coefficient (Wildman–Crippen LogP) is 2.13. The van der Waals surface area contributed by atoms with Crippen LogP contribution in [0.25, 0.3) is 0 Å². The Hall–Kier alpha value is -2.76. The van der Waals surface area contributed by atoms with Gasteiger partial charge in [-0.15, -0.1) is 0 Å². The van der Waals surface area contributed by atoms with Gasteiger partial charge in [0.2, 0.25) is 5.91 Å². The van der Waals surface area contributed by atoms with E-state index in [1.54, 1.807) is 17.0 Å². The van der Waals surface area contributed by atoms with Crippen LogP contribution in [0.2, 0.25) is 0 Å². The van der Waals surface area contributed by atoms with Gasteiger partial charge in [0.1, 0.15) is 5.75 Å². The second kappa shape index (κ2) is 7.23. The van der Waals surface area contributed by atoms with Crippen molar-refractivity contribution in [2.24, 2.45) is 0 Å². The Bertz CT molecular complexity index is 800. The molecule has 0 spiro atoms. The van der Waals surface area contributed by atoms with Crippen molar-refractivity contribution in [3.63, 3.8) is 0 Å². The van der Waals surface area contributed by atoms with E-state index in [4.69, 9.17) is 9.15 Å². The highest BCUT2D eigenvalue weighted by molar-refractivity contribution is 5.91. The van der Waals surface area contributed by atoms with Crippen LogP contribution in [0.1, 0.15) is 28.1 Å².